The fourth-order valence-electron chi connectivity index (χ4n) is 3.32. The average Bonchev–Trinajstić information content (AvgIpc) is 2.79. The summed E-state index contributed by atoms with van der Waals surface area (Å²) in [4.78, 5) is 13.0. The molecule has 0 aromatic heterocycles. The number of hydrogen-bond acceptors (Lipinski definition) is 4. The minimum absolute atomic E-state index is 0.0315. The van der Waals surface area contributed by atoms with E-state index in [1.807, 2.05) is 61.5 Å². The van der Waals surface area contributed by atoms with Crippen LogP contribution in [-0.2, 0) is 22.1 Å². The van der Waals surface area contributed by atoms with Crippen molar-refractivity contribution in [3.8, 4) is 0 Å². The van der Waals surface area contributed by atoms with E-state index < -0.39 is 29.0 Å². The van der Waals surface area contributed by atoms with Gasteiger partial charge in [-0.1, -0.05) is 96.6 Å². The second-order valence-corrected chi connectivity index (χ2v) is 10.7. The van der Waals surface area contributed by atoms with Crippen LogP contribution in [0, 0.1) is 6.92 Å². The van der Waals surface area contributed by atoms with Crippen LogP contribution >= 0.6 is 15.9 Å². The number of carbonyl (C=O) groups excluding carboxylic acids is 1. The molecule has 0 spiro atoms. The minimum atomic E-state index is -1.38. The largest absolute Gasteiger partial charge is 0.445 e. The number of halogens is 1. The molecule has 0 saturated heterocycles. The molecular formula is C25H34BrNO4S. The molecule has 0 heterocycles. The van der Waals surface area contributed by atoms with Gasteiger partial charge in [0.2, 0.25) is 0 Å². The number of aliphatic hydroxyl groups is 1. The van der Waals surface area contributed by atoms with Crippen molar-refractivity contribution in [2.45, 2.75) is 74.4 Å². The van der Waals surface area contributed by atoms with Crippen molar-refractivity contribution < 1.29 is 18.8 Å². The molecule has 2 rings (SSSR count). The maximum absolute atomic E-state index is 12.8. The van der Waals surface area contributed by atoms with Crippen molar-refractivity contribution in [2.75, 3.05) is 5.75 Å². The number of rotatable bonds is 13. The summed E-state index contributed by atoms with van der Waals surface area (Å²) < 4.78 is 18.1. The summed E-state index contributed by atoms with van der Waals surface area (Å²) >= 11 is 3.65. The Morgan fingerprint density at radius 2 is 1.78 bits per heavy atom. The highest BCUT2D eigenvalue weighted by Crippen LogP contribution is 2.20. The number of unbranched alkanes of at least 4 members (excludes halogenated alkanes) is 3. The zero-order chi connectivity index (χ0) is 23.3. The van der Waals surface area contributed by atoms with Crippen molar-refractivity contribution in [3.05, 3.63) is 65.7 Å². The Hall–Kier alpha value is -1.70. The Bertz CT molecular complexity index is 832. The number of alkyl carbamates (subject to hydrolysis) is 1. The lowest BCUT2D eigenvalue weighted by molar-refractivity contribution is 0.109. The first-order chi connectivity index (χ1) is 15.4. The van der Waals surface area contributed by atoms with E-state index in [2.05, 4.69) is 28.2 Å². The predicted molar refractivity (Wildman–Crippen MR) is 133 cm³/mol. The number of aliphatic hydroxyl groups excluding tert-OH is 1. The molecule has 0 bridgehead atoms. The summed E-state index contributed by atoms with van der Waals surface area (Å²) in [7, 11) is -1.38. The molecule has 5 nitrogen and oxygen atoms in total. The van der Waals surface area contributed by atoms with E-state index in [0.29, 0.717) is 4.90 Å². The van der Waals surface area contributed by atoms with Crippen molar-refractivity contribution in [1.82, 2.24) is 5.32 Å². The van der Waals surface area contributed by atoms with Gasteiger partial charge in [-0.15, -0.1) is 0 Å². The van der Waals surface area contributed by atoms with E-state index >= 15 is 0 Å². The summed E-state index contributed by atoms with van der Waals surface area (Å²) in [5.74, 6) is 0.0315. The van der Waals surface area contributed by atoms with Gasteiger partial charge in [0.05, 0.1) is 28.7 Å². The second-order valence-electron chi connectivity index (χ2n) is 7.99. The molecule has 1 amide bonds. The normalized spacial score (nSPS) is 14.9. The summed E-state index contributed by atoms with van der Waals surface area (Å²) in [6.45, 7) is 4.27. The lowest BCUT2D eigenvalue weighted by atomic mass is 10.0. The van der Waals surface area contributed by atoms with Crippen LogP contribution in [0.15, 0.2) is 59.5 Å². The maximum atomic E-state index is 12.8. The molecular weight excluding hydrogens is 490 g/mol. The van der Waals surface area contributed by atoms with Crippen molar-refractivity contribution in [2.24, 2.45) is 0 Å². The Morgan fingerprint density at radius 1 is 1.09 bits per heavy atom. The van der Waals surface area contributed by atoms with E-state index in [9.17, 15) is 14.1 Å². The average molecular weight is 525 g/mol. The molecule has 0 aliphatic carbocycles. The molecule has 2 aromatic carbocycles. The standard InChI is InChI=1S/C25H34BrNO4S/c1-3-4-5-9-12-22(26)24(27-25(29)31-17-20-10-7-6-8-11-20)23(28)18-32(30)21-15-13-19(2)14-16-21/h6-8,10-11,13-16,22-24,28H,3-5,9,12,17-18H2,1-2H3,(H,27,29)/t22-,23-,24+,32-/m1/s1. The van der Waals surface area contributed by atoms with Crippen LogP contribution in [-0.4, -0.2) is 38.1 Å². The van der Waals surface area contributed by atoms with Crippen LogP contribution in [0.3, 0.4) is 0 Å². The summed E-state index contributed by atoms with van der Waals surface area (Å²) in [6.07, 6.45) is 3.56. The van der Waals surface area contributed by atoms with Crippen LogP contribution in [0.4, 0.5) is 4.79 Å². The van der Waals surface area contributed by atoms with Crippen molar-refractivity contribution in [1.29, 1.82) is 0 Å². The number of benzene rings is 2. The van der Waals surface area contributed by atoms with E-state index in [1.165, 1.54) is 0 Å². The fraction of sp³-hybridized carbons (Fsp3) is 0.480. The zero-order valence-electron chi connectivity index (χ0n) is 18.8. The molecule has 176 valence electrons. The number of aryl methyl sites for hydroxylation is 1. The van der Waals surface area contributed by atoms with Gasteiger partial charge in [-0.3, -0.25) is 4.21 Å². The van der Waals surface area contributed by atoms with Gasteiger partial charge in [-0.25, -0.2) is 4.79 Å². The topological polar surface area (TPSA) is 75.6 Å². The molecule has 0 aliphatic rings. The molecule has 4 atom stereocenters. The lowest BCUT2D eigenvalue weighted by Crippen LogP contribution is -2.50. The smallest absolute Gasteiger partial charge is 0.407 e. The number of ether oxygens (including phenoxy) is 1. The van der Waals surface area contributed by atoms with Crippen molar-refractivity contribution in [3.63, 3.8) is 0 Å². The van der Waals surface area contributed by atoms with Crippen LogP contribution in [0.2, 0.25) is 0 Å². The summed E-state index contributed by atoms with van der Waals surface area (Å²) in [6, 6.07) is 16.2. The first-order valence-electron chi connectivity index (χ1n) is 11.1. The summed E-state index contributed by atoms with van der Waals surface area (Å²) in [5.41, 5.74) is 1.97. The highest BCUT2D eigenvalue weighted by molar-refractivity contribution is 9.09. The van der Waals surface area contributed by atoms with Gasteiger partial charge in [0.1, 0.15) is 6.61 Å². The van der Waals surface area contributed by atoms with Gasteiger partial charge >= 0.3 is 6.09 Å². The Morgan fingerprint density at radius 3 is 2.44 bits per heavy atom. The monoisotopic (exact) mass is 523 g/mol. The third-order valence-electron chi connectivity index (χ3n) is 5.24. The van der Waals surface area contributed by atoms with Crippen LogP contribution in [0.1, 0.15) is 50.2 Å². The van der Waals surface area contributed by atoms with E-state index in [1.54, 1.807) is 0 Å². The van der Waals surface area contributed by atoms with Crippen LogP contribution < -0.4 is 5.32 Å². The number of nitrogens with one attached hydrogen (secondary N) is 1. The molecule has 7 heteroatoms. The number of amides is 1. The third kappa shape index (κ3) is 9.43. The first kappa shape index (κ1) is 26.6. The second kappa shape index (κ2) is 14.4. The van der Waals surface area contributed by atoms with E-state index in [4.69, 9.17) is 4.74 Å². The molecule has 0 fully saturated rings. The van der Waals surface area contributed by atoms with Gasteiger partial charge in [-0.2, -0.15) is 0 Å². The van der Waals surface area contributed by atoms with Crippen molar-refractivity contribution >= 4 is 32.8 Å². The van der Waals surface area contributed by atoms with Gasteiger partial charge in [0.15, 0.2) is 0 Å². The van der Waals surface area contributed by atoms with E-state index in [-0.39, 0.29) is 17.2 Å². The molecule has 0 aliphatic heterocycles. The van der Waals surface area contributed by atoms with Gasteiger partial charge < -0.3 is 15.2 Å². The SMILES string of the molecule is CCCCCC[C@@H](Br)[C@H](NC(=O)OCc1ccccc1)[C@H](O)C[S@@](=O)c1ccc(C)cc1. The van der Waals surface area contributed by atoms with Crippen LogP contribution in [0.5, 0.6) is 0 Å². The molecule has 2 N–H and O–H groups in total. The maximum Gasteiger partial charge on any atom is 0.407 e. The van der Waals surface area contributed by atoms with Gasteiger partial charge in [0, 0.05) is 9.72 Å². The molecule has 0 radical (unpaired) electrons. The minimum Gasteiger partial charge on any atom is -0.445 e. The lowest BCUT2D eigenvalue weighted by Gasteiger charge is -2.28. The quantitative estimate of drug-likeness (QED) is 0.268. The Kier molecular flexibility index (Phi) is 12.0. The van der Waals surface area contributed by atoms with Crippen LogP contribution in [0.25, 0.3) is 0 Å². The Labute approximate surface area is 202 Å². The van der Waals surface area contributed by atoms with E-state index in [0.717, 1.165) is 43.2 Å². The summed E-state index contributed by atoms with van der Waals surface area (Å²) in [5, 5.41) is 13.7. The molecule has 32 heavy (non-hydrogen) atoms. The number of hydrogen-bond donors (Lipinski definition) is 2. The molecule has 2 aromatic rings. The highest BCUT2D eigenvalue weighted by atomic mass is 79.9. The highest BCUT2D eigenvalue weighted by Gasteiger charge is 2.30. The van der Waals surface area contributed by atoms with Gasteiger partial charge in [-0.05, 0) is 31.0 Å². The third-order valence-corrected chi connectivity index (χ3v) is 7.71. The number of alkyl halides is 1. The fourth-order valence-corrected chi connectivity index (χ4v) is 5.28. The Balaban J connectivity index is 2.00. The van der Waals surface area contributed by atoms with Gasteiger partial charge in [0.25, 0.3) is 0 Å². The zero-order valence-corrected chi connectivity index (χ0v) is 21.2. The first-order valence-corrected chi connectivity index (χ1v) is 13.4. The number of carbonyl (C=O) groups is 1. The molecule has 0 unspecified atom stereocenters. The predicted octanol–water partition coefficient (Wildman–Crippen LogP) is 5.49. The molecule has 0 saturated carbocycles.